The third-order valence-corrected chi connectivity index (χ3v) is 2.46. The normalized spacial score (nSPS) is 10.9. The average Bonchev–Trinajstić information content (AvgIpc) is 2.74. The molecule has 0 aliphatic heterocycles. The first-order valence-corrected chi connectivity index (χ1v) is 4.89. The summed E-state index contributed by atoms with van der Waals surface area (Å²) in [4.78, 5) is 4.08. The van der Waals surface area contributed by atoms with Crippen LogP contribution in [0.25, 0.3) is 0 Å². The molecule has 0 unspecified atom stereocenters. The van der Waals surface area contributed by atoms with Gasteiger partial charge in [-0.3, -0.25) is 4.68 Å². The number of imidazole rings is 1. The van der Waals surface area contributed by atoms with Crippen molar-refractivity contribution in [2.45, 2.75) is 20.0 Å². The zero-order chi connectivity index (χ0) is 10.8. The highest BCUT2D eigenvalue weighted by Gasteiger charge is 2.06. The number of nitrogens with zero attached hydrogens (tertiary/aromatic N) is 4. The van der Waals surface area contributed by atoms with Gasteiger partial charge in [0.25, 0.3) is 0 Å². The summed E-state index contributed by atoms with van der Waals surface area (Å²) in [6.45, 7) is 3.31. The van der Waals surface area contributed by atoms with Gasteiger partial charge in [0.05, 0.1) is 24.3 Å². The van der Waals surface area contributed by atoms with Gasteiger partial charge >= 0.3 is 0 Å². The fourth-order valence-electron chi connectivity index (χ4n) is 1.65. The summed E-state index contributed by atoms with van der Waals surface area (Å²) in [6.07, 6.45) is 5.62. The summed E-state index contributed by atoms with van der Waals surface area (Å²) < 4.78 is 3.87. The molecule has 0 aliphatic carbocycles. The smallest absolute Gasteiger partial charge is 0.0951 e. The van der Waals surface area contributed by atoms with Crippen LogP contribution in [0.5, 0.6) is 0 Å². The van der Waals surface area contributed by atoms with E-state index in [-0.39, 0.29) is 0 Å². The Balaban J connectivity index is 2.25. The van der Waals surface area contributed by atoms with Crippen molar-refractivity contribution in [3.63, 3.8) is 0 Å². The lowest BCUT2D eigenvalue weighted by Gasteiger charge is -2.04. The highest BCUT2D eigenvalue weighted by Crippen LogP contribution is 2.09. The first kappa shape index (κ1) is 9.92. The van der Waals surface area contributed by atoms with Crippen LogP contribution in [0.1, 0.15) is 17.0 Å². The Morgan fingerprint density at radius 2 is 2.27 bits per heavy atom. The summed E-state index contributed by atoms with van der Waals surface area (Å²) in [5, 5.41) is 4.30. The largest absolute Gasteiger partial charge is 0.329 e. The van der Waals surface area contributed by atoms with E-state index < -0.39 is 0 Å². The molecule has 0 bridgehead atoms. The minimum absolute atomic E-state index is 0.513. The zero-order valence-electron chi connectivity index (χ0n) is 9.01. The predicted molar refractivity (Wildman–Crippen MR) is 57.2 cm³/mol. The molecule has 0 aliphatic rings. The van der Waals surface area contributed by atoms with Gasteiger partial charge < -0.3 is 10.3 Å². The molecular weight excluding hydrogens is 190 g/mol. The predicted octanol–water partition coefficient (Wildman–Crippen LogP) is 0.432. The van der Waals surface area contributed by atoms with Gasteiger partial charge in [-0.1, -0.05) is 0 Å². The summed E-state index contributed by atoms with van der Waals surface area (Å²) >= 11 is 0. The van der Waals surface area contributed by atoms with Gasteiger partial charge in [0.15, 0.2) is 0 Å². The number of aromatic nitrogens is 4. The van der Waals surface area contributed by atoms with Gasteiger partial charge in [-0.15, -0.1) is 0 Å². The first-order chi connectivity index (χ1) is 7.20. The van der Waals surface area contributed by atoms with Crippen molar-refractivity contribution in [2.24, 2.45) is 12.8 Å². The van der Waals surface area contributed by atoms with E-state index >= 15 is 0 Å². The third kappa shape index (κ3) is 1.92. The van der Waals surface area contributed by atoms with E-state index in [1.54, 1.807) is 12.5 Å². The zero-order valence-corrected chi connectivity index (χ0v) is 9.01. The van der Waals surface area contributed by atoms with Crippen molar-refractivity contribution < 1.29 is 0 Å². The topological polar surface area (TPSA) is 61.7 Å². The number of nitrogens with two attached hydrogens (primary N) is 1. The van der Waals surface area contributed by atoms with Crippen molar-refractivity contribution in [3.8, 4) is 0 Å². The van der Waals surface area contributed by atoms with Gasteiger partial charge in [-0.05, 0) is 6.92 Å². The molecule has 0 spiro atoms. The molecule has 0 atom stereocenters. The van der Waals surface area contributed by atoms with Crippen LogP contribution in [-0.4, -0.2) is 19.3 Å². The Morgan fingerprint density at radius 3 is 2.87 bits per heavy atom. The van der Waals surface area contributed by atoms with Crippen LogP contribution in [0.15, 0.2) is 18.7 Å². The maximum absolute atomic E-state index is 5.61. The van der Waals surface area contributed by atoms with Crippen molar-refractivity contribution in [2.75, 3.05) is 0 Å². The molecular formula is C10H15N5. The molecule has 2 rings (SSSR count). The van der Waals surface area contributed by atoms with Crippen LogP contribution >= 0.6 is 0 Å². The van der Waals surface area contributed by atoms with Crippen molar-refractivity contribution >= 4 is 0 Å². The van der Waals surface area contributed by atoms with Crippen LogP contribution in [0.3, 0.4) is 0 Å². The SMILES string of the molecule is Cc1nn(C)cc1Cn1cncc1CN. The highest BCUT2D eigenvalue weighted by molar-refractivity contribution is 5.16. The number of aryl methyl sites for hydroxylation is 2. The second-order valence-corrected chi connectivity index (χ2v) is 3.63. The van der Waals surface area contributed by atoms with E-state index in [4.69, 9.17) is 5.73 Å². The quantitative estimate of drug-likeness (QED) is 0.790. The molecule has 2 aromatic heterocycles. The Hall–Kier alpha value is -1.62. The average molecular weight is 205 g/mol. The molecule has 0 saturated heterocycles. The molecule has 15 heavy (non-hydrogen) atoms. The van der Waals surface area contributed by atoms with Crippen molar-refractivity contribution in [1.82, 2.24) is 19.3 Å². The molecule has 0 saturated carbocycles. The number of rotatable bonds is 3. The summed E-state index contributed by atoms with van der Waals surface area (Å²) in [6, 6.07) is 0. The summed E-state index contributed by atoms with van der Waals surface area (Å²) in [5.74, 6) is 0. The van der Waals surface area contributed by atoms with E-state index in [0.29, 0.717) is 6.54 Å². The van der Waals surface area contributed by atoms with Gasteiger partial charge in [0, 0.05) is 31.5 Å². The molecule has 0 aromatic carbocycles. The second kappa shape index (κ2) is 3.86. The van der Waals surface area contributed by atoms with Gasteiger partial charge in [0.2, 0.25) is 0 Å². The van der Waals surface area contributed by atoms with E-state index in [2.05, 4.69) is 10.1 Å². The second-order valence-electron chi connectivity index (χ2n) is 3.63. The maximum atomic E-state index is 5.61. The Kier molecular flexibility index (Phi) is 2.55. The standard InChI is InChI=1S/C10H15N5/c1-8-9(5-14(2)13-8)6-15-7-12-4-10(15)3-11/h4-5,7H,3,6,11H2,1-2H3. The van der Waals surface area contributed by atoms with Crippen LogP contribution in [-0.2, 0) is 20.1 Å². The third-order valence-electron chi connectivity index (χ3n) is 2.46. The monoisotopic (exact) mass is 205 g/mol. The van der Waals surface area contributed by atoms with Crippen molar-refractivity contribution in [1.29, 1.82) is 0 Å². The molecule has 2 heterocycles. The Morgan fingerprint density at radius 1 is 1.47 bits per heavy atom. The van der Waals surface area contributed by atoms with E-state index in [0.717, 1.165) is 17.9 Å². The molecule has 80 valence electrons. The van der Waals surface area contributed by atoms with Crippen LogP contribution in [0.2, 0.25) is 0 Å². The lowest BCUT2D eigenvalue weighted by Crippen LogP contribution is -2.07. The molecule has 0 radical (unpaired) electrons. The first-order valence-electron chi connectivity index (χ1n) is 4.89. The highest BCUT2D eigenvalue weighted by atomic mass is 15.3. The minimum Gasteiger partial charge on any atom is -0.329 e. The lowest BCUT2D eigenvalue weighted by atomic mass is 10.2. The van der Waals surface area contributed by atoms with E-state index in [1.807, 2.05) is 29.4 Å². The maximum Gasteiger partial charge on any atom is 0.0951 e. The van der Waals surface area contributed by atoms with Crippen LogP contribution in [0, 0.1) is 6.92 Å². The molecule has 2 aromatic rings. The van der Waals surface area contributed by atoms with Gasteiger partial charge in [-0.2, -0.15) is 5.10 Å². The summed E-state index contributed by atoms with van der Waals surface area (Å²) in [7, 11) is 1.92. The molecule has 0 amide bonds. The molecule has 0 fully saturated rings. The lowest BCUT2D eigenvalue weighted by molar-refractivity contribution is 0.735. The van der Waals surface area contributed by atoms with Crippen LogP contribution in [0.4, 0.5) is 0 Å². The number of hydrogen-bond acceptors (Lipinski definition) is 3. The number of hydrogen-bond donors (Lipinski definition) is 1. The molecule has 2 N–H and O–H groups in total. The van der Waals surface area contributed by atoms with Gasteiger partial charge in [0.1, 0.15) is 0 Å². The van der Waals surface area contributed by atoms with E-state index in [9.17, 15) is 0 Å². The molecule has 5 heteroatoms. The summed E-state index contributed by atoms with van der Waals surface area (Å²) in [5.41, 5.74) is 8.90. The van der Waals surface area contributed by atoms with Crippen molar-refractivity contribution in [3.05, 3.63) is 35.7 Å². The van der Waals surface area contributed by atoms with E-state index in [1.165, 1.54) is 5.56 Å². The molecule has 5 nitrogen and oxygen atoms in total. The fourth-order valence-corrected chi connectivity index (χ4v) is 1.65. The fraction of sp³-hybridized carbons (Fsp3) is 0.400. The van der Waals surface area contributed by atoms with Crippen LogP contribution < -0.4 is 5.73 Å². The Labute approximate surface area is 88.5 Å². The minimum atomic E-state index is 0.513. The van der Waals surface area contributed by atoms with Gasteiger partial charge in [-0.25, -0.2) is 4.98 Å². The Bertz CT molecular complexity index is 454.